The topological polar surface area (TPSA) is 26.3 Å². The summed E-state index contributed by atoms with van der Waals surface area (Å²) < 4.78 is 4.98. The average molecular weight is 359 g/mol. The first kappa shape index (κ1) is 17.1. The molecular formula is C20H19ClO2S. The Balaban J connectivity index is 1.82. The van der Waals surface area contributed by atoms with Crippen LogP contribution in [-0.2, 0) is 16.0 Å². The fourth-order valence-electron chi connectivity index (χ4n) is 2.80. The molecule has 0 saturated heterocycles. The highest BCUT2D eigenvalue weighted by Gasteiger charge is 2.16. The standard InChI is InChI=1S/C20H19ClO2S/c1-2-23-19(22)12-13-24-18-9-4-3-7-16(18)17-11-10-14-6-5-8-15(14)20(17)21/h3-5,7-11H,2,6,12-13H2,1H3. The summed E-state index contributed by atoms with van der Waals surface area (Å²) in [4.78, 5) is 12.6. The number of allylic oxidation sites excluding steroid dienone is 1. The van der Waals surface area contributed by atoms with Crippen LogP contribution < -0.4 is 0 Å². The maximum atomic E-state index is 11.5. The first-order valence-corrected chi connectivity index (χ1v) is 9.42. The first-order chi connectivity index (χ1) is 11.7. The molecule has 0 atom stereocenters. The number of carbonyl (C=O) groups is 1. The molecule has 1 aliphatic rings. The number of benzene rings is 2. The van der Waals surface area contributed by atoms with Gasteiger partial charge in [-0.1, -0.05) is 54.1 Å². The second-order valence-corrected chi connectivity index (χ2v) is 7.02. The highest BCUT2D eigenvalue weighted by Crippen LogP contribution is 2.40. The molecule has 0 saturated carbocycles. The van der Waals surface area contributed by atoms with E-state index in [4.69, 9.17) is 16.3 Å². The minimum atomic E-state index is -0.150. The van der Waals surface area contributed by atoms with Gasteiger partial charge in [0.25, 0.3) is 0 Å². The summed E-state index contributed by atoms with van der Waals surface area (Å²) in [5.41, 5.74) is 4.55. The van der Waals surface area contributed by atoms with E-state index in [9.17, 15) is 4.79 Å². The molecule has 2 aromatic carbocycles. The maximum Gasteiger partial charge on any atom is 0.306 e. The molecule has 0 spiro atoms. The Labute approximate surface area is 151 Å². The Morgan fingerprint density at radius 2 is 2.04 bits per heavy atom. The van der Waals surface area contributed by atoms with Gasteiger partial charge in [-0.3, -0.25) is 4.79 Å². The number of rotatable bonds is 6. The SMILES string of the molecule is CCOC(=O)CCSc1ccccc1-c1ccc2c(c1Cl)C=CC2. The summed E-state index contributed by atoms with van der Waals surface area (Å²) in [5.74, 6) is 0.543. The predicted octanol–water partition coefficient (Wildman–Crippen LogP) is 5.62. The van der Waals surface area contributed by atoms with Gasteiger partial charge in [0, 0.05) is 16.2 Å². The molecule has 0 unspecified atom stereocenters. The molecule has 4 heteroatoms. The zero-order chi connectivity index (χ0) is 16.9. The van der Waals surface area contributed by atoms with Crippen molar-refractivity contribution in [1.29, 1.82) is 0 Å². The molecule has 0 amide bonds. The predicted molar refractivity (Wildman–Crippen MR) is 102 cm³/mol. The minimum Gasteiger partial charge on any atom is -0.466 e. The number of halogens is 1. The molecule has 0 N–H and O–H groups in total. The monoisotopic (exact) mass is 358 g/mol. The van der Waals surface area contributed by atoms with Crippen LogP contribution in [0.25, 0.3) is 17.2 Å². The van der Waals surface area contributed by atoms with Gasteiger partial charge in [0.15, 0.2) is 0 Å². The molecule has 24 heavy (non-hydrogen) atoms. The quantitative estimate of drug-likeness (QED) is 0.495. The van der Waals surface area contributed by atoms with E-state index in [2.05, 4.69) is 36.4 Å². The molecular weight excluding hydrogens is 340 g/mol. The van der Waals surface area contributed by atoms with Crippen molar-refractivity contribution in [2.75, 3.05) is 12.4 Å². The van der Waals surface area contributed by atoms with Gasteiger partial charge in [0.2, 0.25) is 0 Å². The van der Waals surface area contributed by atoms with Crippen molar-refractivity contribution in [2.24, 2.45) is 0 Å². The van der Waals surface area contributed by atoms with Crippen molar-refractivity contribution in [3.8, 4) is 11.1 Å². The molecule has 0 aromatic heterocycles. The van der Waals surface area contributed by atoms with Gasteiger partial charge < -0.3 is 4.74 Å². The average Bonchev–Trinajstić information content (AvgIpc) is 3.06. The number of thioether (sulfide) groups is 1. The summed E-state index contributed by atoms with van der Waals surface area (Å²) in [6, 6.07) is 12.4. The number of ether oxygens (including phenoxy) is 1. The third kappa shape index (κ3) is 3.68. The number of hydrogen-bond donors (Lipinski definition) is 0. The number of carbonyl (C=O) groups excluding carboxylic acids is 1. The molecule has 0 radical (unpaired) electrons. The van der Waals surface area contributed by atoms with Gasteiger partial charge in [0.05, 0.1) is 18.1 Å². The van der Waals surface area contributed by atoms with E-state index >= 15 is 0 Å². The lowest BCUT2D eigenvalue weighted by atomic mass is 10.00. The van der Waals surface area contributed by atoms with Crippen LogP contribution in [0.2, 0.25) is 5.02 Å². The highest BCUT2D eigenvalue weighted by molar-refractivity contribution is 7.99. The van der Waals surface area contributed by atoms with Crippen molar-refractivity contribution < 1.29 is 9.53 Å². The molecule has 0 bridgehead atoms. The molecule has 2 aromatic rings. The van der Waals surface area contributed by atoms with Crippen LogP contribution in [0.1, 0.15) is 24.5 Å². The molecule has 2 nitrogen and oxygen atoms in total. The van der Waals surface area contributed by atoms with Crippen LogP contribution >= 0.6 is 23.4 Å². The summed E-state index contributed by atoms with van der Waals surface area (Å²) in [5, 5.41) is 0.805. The molecule has 0 aliphatic heterocycles. The van der Waals surface area contributed by atoms with Crippen molar-refractivity contribution in [3.63, 3.8) is 0 Å². The third-order valence-corrected chi connectivity index (χ3v) is 5.42. The van der Waals surface area contributed by atoms with Gasteiger partial charge in [-0.15, -0.1) is 11.8 Å². The largest absolute Gasteiger partial charge is 0.466 e. The van der Waals surface area contributed by atoms with Gasteiger partial charge in [-0.05, 0) is 36.1 Å². The van der Waals surface area contributed by atoms with Gasteiger partial charge >= 0.3 is 5.97 Å². The summed E-state index contributed by atoms with van der Waals surface area (Å²) in [7, 11) is 0. The van der Waals surface area contributed by atoms with Crippen LogP contribution in [0.5, 0.6) is 0 Å². The summed E-state index contributed by atoms with van der Waals surface area (Å²) in [6.45, 7) is 2.25. The zero-order valence-electron chi connectivity index (χ0n) is 13.5. The minimum absolute atomic E-state index is 0.150. The fraction of sp³-hybridized carbons (Fsp3) is 0.250. The lowest BCUT2D eigenvalue weighted by Crippen LogP contribution is -2.04. The van der Waals surface area contributed by atoms with Crippen LogP contribution in [0, 0.1) is 0 Å². The molecule has 0 heterocycles. The smallest absolute Gasteiger partial charge is 0.306 e. The Morgan fingerprint density at radius 3 is 2.88 bits per heavy atom. The van der Waals surface area contributed by atoms with Crippen molar-refractivity contribution in [1.82, 2.24) is 0 Å². The first-order valence-electron chi connectivity index (χ1n) is 8.06. The molecule has 124 valence electrons. The van der Waals surface area contributed by atoms with Gasteiger partial charge in [0.1, 0.15) is 0 Å². The molecule has 1 aliphatic carbocycles. The molecule has 3 rings (SSSR count). The van der Waals surface area contributed by atoms with E-state index in [1.54, 1.807) is 11.8 Å². The number of esters is 1. The van der Waals surface area contributed by atoms with E-state index in [1.165, 1.54) is 5.56 Å². The van der Waals surface area contributed by atoms with Crippen molar-refractivity contribution in [2.45, 2.75) is 24.7 Å². The summed E-state index contributed by atoms with van der Waals surface area (Å²) >= 11 is 8.31. The van der Waals surface area contributed by atoms with Crippen molar-refractivity contribution in [3.05, 3.63) is 58.6 Å². The Morgan fingerprint density at radius 1 is 1.21 bits per heavy atom. The third-order valence-electron chi connectivity index (χ3n) is 3.94. The zero-order valence-corrected chi connectivity index (χ0v) is 15.1. The maximum absolute atomic E-state index is 11.5. The van der Waals surface area contributed by atoms with Gasteiger partial charge in [-0.25, -0.2) is 0 Å². The van der Waals surface area contributed by atoms with E-state index in [0.29, 0.717) is 18.8 Å². The Kier molecular flexibility index (Phi) is 5.64. The van der Waals surface area contributed by atoms with Crippen molar-refractivity contribution >= 4 is 35.4 Å². The van der Waals surface area contributed by atoms with Gasteiger partial charge in [-0.2, -0.15) is 0 Å². The van der Waals surface area contributed by atoms with E-state index in [1.807, 2.05) is 19.1 Å². The van der Waals surface area contributed by atoms with Crippen LogP contribution in [0.3, 0.4) is 0 Å². The van der Waals surface area contributed by atoms with Crippen LogP contribution in [0.4, 0.5) is 0 Å². The lowest BCUT2D eigenvalue weighted by molar-refractivity contribution is -0.142. The highest BCUT2D eigenvalue weighted by atomic mass is 35.5. The second kappa shape index (κ2) is 7.91. The number of hydrogen-bond acceptors (Lipinski definition) is 3. The normalized spacial score (nSPS) is 12.2. The lowest BCUT2D eigenvalue weighted by Gasteiger charge is -2.13. The summed E-state index contributed by atoms with van der Waals surface area (Å²) in [6.07, 6.45) is 5.59. The van der Waals surface area contributed by atoms with E-state index in [0.717, 1.165) is 33.0 Å². The van der Waals surface area contributed by atoms with Crippen LogP contribution in [-0.4, -0.2) is 18.3 Å². The number of fused-ring (bicyclic) bond motifs is 1. The molecule has 0 fully saturated rings. The second-order valence-electron chi connectivity index (χ2n) is 5.51. The van der Waals surface area contributed by atoms with E-state index < -0.39 is 0 Å². The fourth-order valence-corrected chi connectivity index (χ4v) is 4.14. The van der Waals surface area contributed by atoms with E-state index in [-0.39, 0.29) is 5.97 Å². The Bertz CT molecular complexity index is 783. The van der Waals surface area contributed by atoms with Crippen LogP contribution in [0.15, 0.2) is 47.4 Å². The Hall–Kier alpha value is -1.71.